The van der Waals surface area contributed by atoms with E-state index in [-0.39, 0.29) is 13.0 Å². The van der Waals surface area contributed by atoms with Crippen molar-refractivity contribution in [3.8, 4) is 0 Å². The summed E-state index contributed by atoms with van der Waals surface area (Å²) in [5.74, 6) is -0.957. The predicted octanol–water partition coefficient (Wildman–Crippen LogP) is 4.01. The zero-order valence-electron chi connectivity index (χ0n) is 15.5. The Labute approximate surface area is 159 Å². The summed E-state index contributed by atoms with van der Waals surface area (Å²) in [6.07, 6.45) is 1.17. The molecule has 0 bridgehead atoms. The standard InChI is InChI=1S/C22H26O5/c1-2-3-14-19(26-21(24)17-10-6-4-7-11-17)20(15-16-23)27-22(25)18-12-8-5-9-13-18/h4-13,19-20,23H,2-3,14-16H2,1H3. The van der Waals surface area contributed by atoms with Crippen LogP contribution < -0.4 is 0 Å². The first-order valence-corrected chi connectivity index (χ1v) is 9.28. The molecule has 2 aromatic rings. The first kappa shape index (κ1) is 20.6. The summed E-state index contributed by atoms with van der Waals surface area (Å²) >= 11 is 0. The van der Waals surface area contributed by atoms with Crippen molar-refractivity contribution in [2.75, 3.05) is 6.61 Å². The van der Waals surface area contributed by atoms with Crippen LogP contribution in [0.1, 0.15) is 53.3 Å². The number of benzene rings is 2. The van der Waals surface area contributed by atoms with E-state index in [9.17, 15) is 14.7 Å². The second-order valence-electron chi connectivity index (χ2n) is 6.27. The van der Waals surface area contributed by atoms with Gasteiger partial charge in [0.2, 0.25) is 0 Å². The van der Waals surface area contributed by atoms with Crippen LogP contribution in [-0.4, -0.2) is 35.9 Å². The van der Waals surface area contributed by atoms with E-state index in [4.69, 9.17) is 9.47 Å². The lowest BCUT2D eigenvalue weighted by molar-refractivity contribution is -0.0456. The number of rotatable bonds is 10. The molecule has 5 nitrogen and oxygen atoms in total. The highest BCUT2D eigenvalue weighted by molar-refractivity contribution is 5.90. The number of unbranched alkanes of at least 4 members (excludes halogenated alkanes) is 1. The summed E-state index contributed by atoms with van der Waals surface area (Å²) < 4.78 is 11.3. The van der Waals surface area contributed by atoms with E-state index in [1.165, 1.54) is 0 Å². The van der Waals surface area contributed by atoms with Crippen molar-refractivity contribution in [1.82, 2.24) is 0 Å². The summed E-state index contributed by atoms with van der Waals surface area (Å²) in [7, 11) is 0. The molecular weight excluding hydrogens is 344 g/mol. The molecule has 0 aliphatic heterocycles. The van der Waals surface area contributed by atoms with Gasteiger partial charge in [-0.15, -0.1) is 0 Å². The minimum Gasteiger partial charge on any atom is -0.455 e. The molecule has 0 spiro atoms. The van der Waals surface area contributed by atoms with Gasteiger partial charge in [-0.05, 0) is 37.1 Å². The van der Waals surface area contributed by atoms with Crippen LogP contribution in [0.15, 0.2) is 60.7 Å². The SMILES string of the molecule is CCCCC(OC(=O)c1ccccc1)C(CCO)OC(=O)c1ccccc1. The number of carbonyl (C=O) groups excluding carboxylic acids is 2. The molecule has 27 heavy (non-hydrogen) atoms. The maximum absolute atomic E-state index is 12.5. The van der Waals surface area contributed by atoms with E-state index in [1.54, 1.807) is 48.5 Å². The summed E-state index contributed by atoms with van der Waals surface area (Å²) in [4.78, 5) is 24.9. The minimum atomic E-state index is -0.707. The Morgan fingerprint density at radius 3 is 1.67 bits per heavy atom. The number of hydrogen-bond donors (Lipinski definition) is 1. The van der Waals surface area contributed by atoms with Crippen LogP contribution in [0, 0.1) is 0 Å². The molecule has 2 rings (SSSR count). The third-order valence-electron chi connectivity index (χ3n) is 4.21. The Bertz CT molecular complexity index is 699. The van der Waals surface area contributed by atoms with Crippen LogP contribution in [0.25, 0.3) is 0 Å². The lowest BCUT2D eigenvalue weighted by Gasteiger charge is -2.27. The smallest absolute Gasteiger partial charge is 0.338 e. The molecule has 0 aliphatic rings. The third kappa shape index (κ3) is 6.53. The van der Waals surface area contributed by atoms with Gasteiger partial charge in [0, 0.05) is 13.0 Å². The molecule has 2 aromatic carbocycles. The van der Waals surface area contributed by atoms with Gasteiger partial charge in [-0.25, -0.2) is 9.59 Å². The zero-order chi connectivity index (χ0) is 19.5. The molecule has 2 unspecified atom stereocenters. The van der Waals surface area contributed by atoms with Gasteiger partial charge < -0.3 is 14.6 Å². The molecule has 0 fully saturated rings. The van der Waals surface area contributed by atoms with Crippen LogP contribution in [0.5, 0.6) is 0 Å². The van der Waals surface area contributed by atoms with Gasteiger partial charge in [-0.2, -0.15) is 0 Å². The third-order valence-corrected chi connectivity index (χ3v) is 4.21. The Hall–Kier alpha value is -2.66. The highest BCUT2D eigenvalue weighted by Gasteiger charge is 2.29. The molecule has 0 heterocycles. The van der Waals surface area contributed by atoms with Crippen LogP contribution in [0.2, 0.25) is 0 Å². The monoisotopic (exact) mass is 370 g/mol. The number of hydrogen-bond acceptors (Lipinski definition) is 5. The fourth-order valence-corrected chi connectivity index (χ4v) is 2.73. The van der Waals surface area contributed by atoms with Gasteiger partial charge in [0.1, 0.15) is 12.2 Å². The molecule has 5 heteroatoms. The molecule has 0 aliphatic carbocycles. The van der Waals surface area contributed by atoms with Gasteiger partial charge in [0.25, 0.3) is 0 Å². The van der Waals surface area contributed by atoms with Crippen LogP contribution in [0.4, 0.5) is 0 Å². The summed E-state index contributed by atoms with van der Waals surface area (Å²) in [6, 6.07) is 17.3. The van der Waals surface area contributed by atoms with E-state index in [0.29, 0.717) is 17.5 Å². The molecule has 1 N–H and O–H groups in total. The van der Waals surface area contributed by atoms with E-state index >= 15 is 0 Å². The predicted molar refractivity (Wildman–Crippen MR) is 103 cm³/mol. The van der Waals surface area contributed by atoms with Crippen LogP contribution >= 0.6 is 0 Å². The Morgan fingerprint density at radius 1 is 0.815 bits per heavy atom. The molecule has 0 saturated carbocycles. The number of aliphatic hydroxyl groups is 1. The Kier molecular flexibility index (Phi) is 8.52. The van der Waals surface area contributed by atoms with Crippen molar-refractivity contribution < 1.29 is 24.2 Å². The average Bonchev–Trinajstić information content (AvgIpc) is 2.72. The van der Waals surface area contributed by atoms with Gasteiger partial charge in [0.05, 0.1) is 11.1 Å². The number of ether oxygens (including phenoxy) is 2. The largest absolute Gasteiger partial charge is 0.455 e. The number of esters is 2. The lowest BCUT2D eigenvalue weighted by Crippen LogP contribution is -2.36. The normalized spacial score (nSPS) is 12.8. The van der Waals surface area contributed by atoms with E-state index < -0.39 is 24.1 Å². The van der Waals surface area contributed by atoms with Gasteiger partial charge in [0.15, 0.2) is 0 Å². The Morgan fingerprint density at radius 2 is 1.26 bits per heavy atom. The Balaban J connectivity index is 2.13. The van der Waals surface area contributed by atoms with Crippen molar-refractivity contribution in [2.45, 2.75) is 44.8 Å². The second-order valence-corrected chi connectivity index (χ2v) is 6.27. The molecule has 0 aromatic heterocycles. The summed E-state index contributed by atoms with van der Waals surface area (Å²) in [5, 5.41) is 9.41. The van der Waals surface area contributed by atoms with Gasteiger partial charge in [-0.1, -0.05) is 49.7 Å². The van der Waals surface area contributed by atoms with E-state index in [0.717, 1.165) is 12.8 Å². The van der Waals surface area contributed by atoms with Crippen molar-refractivity contribution in [1.29, 1.82) is 0 Å². The van der Waals surface area contributed by atoms with Gasteiger partial charge >= 0.3 is 11.9 Å². The first-order valence-electron chi connectivity index (χ1n) is 9.28. The maximum Gasteiger partial charge on any atom is 0.338 e. The maximum atomic E-state index is 12.5. The van der Waals surface area contributed by atoms with E-state index in [1.807, 2.05) is 19.1 Å². The minimum absolute atomic E-state index is 0.168. The molecular formula is C22H26O5. The highest BCUT2D eigenvalue weighted by atomic mass is 16.6. The lowest BCUT2D eigenvalue weighted by atomic mass is 10.0. The molecule has 2 atom stereocenters. The average molecular weight is 370 g/mol. The highest BCUT2D eigenvalue weighted by Crippen LogP contribution is 2.19. The number of aliphatic hydroxyl groups excluding tert-OH is 1. The van der Waals surface area contributed by atoms with E-state index in [2.05, 4.69) is 0 Å². The molecule has 0 radical (unpaired) electrons. The van der Waals surface area contributed by atoms with Crippen molar-refractivity contribution >= 4 is 11.9 Å². The number of carbonyl (C=O) groups is 2. The van der Waals surface area contributed by atoms with Crippen molar-refractivity contribution in [2.24, 2.45) is 0 Å². The van der Waals surface area contributed by atoms with Crippen LogP contribution in [0.3, 0.4) is 0 Å². The van der Waals surface area contributed by atoms with Gasteiger partial charge in [-0.3, -0.25) is 0 Å². The van der Waals surface area contributed by atoms with Crippen LogP contribution in [-0.2, 0) is 9.47 Å². The topological polar surface area (TPSA) is 72.8 Å². The fourth-order valence-electron chi connectivity index (χ4n) is 2.73. The molecule has 144 valence electrons. The van der Waals surface area contributed by atoms with Crippen molar-refractivity contribution in [3.05, 3.63) is 71.8 Å². The quantitative estimate of drug-likeness (QED) is 0.640. The second kappa shape index (κ2) is 11.1. The first-order chi connectivity index (χ1) is 13.2. The summed E-state index contributed by atoms with van der Waals surface area (Å²) in [6.45, 7) is 1.87. The van der Waals surface area contributed by atoms with Crippen molar-refractivity contribution in [3.63, 3.8) is 0 Å². The summed E-state index contributed by atoms with van der Waals surface area (Å²) in [5.41, 5.74) is 0.861. The molecule has 0 saturated heterocycles. The molecule has 0 amide bonds. The zero-order valence-corrected chi connectivity index (χ0v) is 15.5. The fraction of sp³-hybridized carbons (Fsp3) is 0.364.